The molecule has 0 fully saturated rings. The molecule has 3 rings (SSSR count). The molecule has 1 nitrogen and oxygen atoms in total. The van der Waals surface area contributed by atoms with Gasteiger partial charge < -0.3 is 5.11 Å². The SMILES string of the molecule is CC(C)C.CC(C)C.CC(C)c1ccccc1CO.Cc1cc(C(C)C)cc(C(F)(F)F)c1.Cc1ccc(C(C)C)cc1. The third kappa shape index (κ3) is 21.7. The van der Waals surface area contributed by atoms with E-state index in [1.54, 1.807) is 13.0 Å². The first-order valence-corrected chi connectivity index (χ1v) is 15.7. The lowest BCUT2D eigenvalue weighted by atomic mass is 9.98. The molecule has 1 N–H and O–H groups in total. The maximum Gasteiger partial charge on any atom is 0.416 e. The van der Waals surface area contributed by atoms with Crippen molar-refractivity contribution in [1.82, 2.24) is 0 Å². The highest BCUT2D eigenvalue weighted by molar-refractivity contribution is 5.33. The second-order valence-corrected chi connectivity index (χ2v) is 13.3. The number of aliphatic hydroxyl groups is 1. The lowest BCUT2D eigenvalue weighted by Gasteiger charge is -2.12. The predicted molar refractivity (Wildman–Crippen MR) is 183 cm³/mol. The molecular weight excluding hydrogens is 541 g/mol. The molecule has 3 aromatic rings. The van der Waals surface area contributed by atoms with Crippen LogP contribution in [-0.4, -0.2) is 5.11 Å². The molecule has 0 radical (unpaired) electrons. The summed E-state index contributed by atoms with van der Waals surface area (Å²) in [6.07, 6.45) is -4.24. The van der Waals surface area contributed by atoms with E-state index in [0.717, 1.165) is 23.0 Å². The summed E-state index contributed by atoms with van der Waals surface area (Å²) in [4.78, 5) is 0. The third-order valence-electron chi connectivity index (χ3n) is 5.69. The first kappa shape index (κ1) is 42.5. The van der Waals surface area contributed by atoms with Crippen LogP contribution in [0.4, 0.5) is 13.2 Å². The van der Waals surface area contributed by atoms with Gasteiger partial charge in [-0.05, 0) is 77.8 Å². The van der Waals surface area contributed by atoms with E-state index in [0.29, 0.717) is 17.4 Å². The van der Waals surface area contributed by atoms with E-state index in [4.69, 9.17) is 5.11 Å². The standard InChI is InChI=1S/C11H13F3.C10H14O.C10H14.2C4H10/c1-7(2)9-4-8(3)5-10(6-9)11(12,13)14;1-8(2)10-6-4-3-5-9(10)7-11;1-8(2)10-6-4-9(3)5-7-10;2*1-4(2)3/h4-7H,1-3H3;3-6,8,11H,7H2,1-2H3;4-8H,1-3H3;2*4H,1-3H3. The molecule has 0 spiro atoms. The Labute approximate surface area is 263 Å². The first-order chi connectivity index (χ1) is 19.7. The molecule has 0 heterocycles. The summed E-state index contributed by atoms with van der Waals surface area (Å²) in [6.45, 7) is 29.4. The van der Waals surface area contributed by atoms with Gasteiger partial charge in [0.25, 0.3) is 0 Å². The molecule has 0 aliphatic heterocycles. The molecule has 0 unspecified atom stereocenters. The van der Waals surface area contributed by atoms with Crippen LogP contribution >= 0.6 is 0 Å². The molecule has 4 heteroatoms. The van der Waals surface area contributed by atoms with Gasteiger partial charge in [0.2, 0.25) is 0 Å². The van der Waals surface area contributed by atoms with Crippen molar-refractivity contribution in [3.63, 3.8) is 0 Å². The van der Waals surface area contributed by atoms with Crippen molar-refractivity contribution < 1.29 is 18.3 Å². The minimum absolute atomic E-state index is 0.121. The number of halogens is 3. The fourth-order valence-corrected chi connectivity index (χ4v) is 3.50. The van der Waals surface area contributed by atoms with Gasteiger partial charge in [-0.25, -0.2) is 0 Å². The maximum absolute atomic E-state index is 12.4. The van der Waals surface area contributed by atoms with Gasteiger partial charge in [0.15, 0.2) is 0 Å². The summed E-state index contributed by atoms with van der Waals surface area (Å²) in [7, 11) is 0. The lowest BCUT2D eigenvalue weighted by Crippen LogP contribution is -2.06. The van der Waals surface area contributed by atoms with Crippen molar-refractivity contribution >= 4 is 0 Å². The molecule has 0 amide bonds. The van der Waals surface area contributed by atoms with Crippen molar-refractivity contribution in [2.75, 3.05) is 0 Å². The van der Waals surface area contributed by atoms with Crippen LogP contribution in [0.15, 0.2) is 66.7 Å². The van der Waals surface area contributed by atoms with Crippen molar-refractivity contribution in [3.05, 3.63) is 106 Å². The van der Waals surface area contributed by atoms with Gasteiger partial charge in [-0.1, -0.05) is 149 Å². The molecule has 0 aliphatic rings. The topological polar surface area (TPSA) is 20.2 Å². The molecule has 0 bridgehead atoms. The number of aliphatic hydroxyl groups excluding tert-OH is 1. The highest BCUT2D eigenvalue weighted by Crippen LogP contribution is 2.32. The van der Waals surface area contributed by atoms with Gasteiger partial charge in [0.1, 0.15) is 0 Å². The second kappa shape index (κ2) is 22.0. The highest BCUT2D eigenvalue weighted by Gasteiger charge is 2.31. The average Bonchev–Trinajstić information content (AvgIpc) is 2.88. The quantitative estimate of drug-likeness (QED) is 0.315. The lowest BCUT2D eigenvalue weighted by molar-refractivity contribution is -0.137. The number of rotatable bonds is 4. The summed E-state index contributed by atoms with van der Waals surface area (Å²) in [6, 6.07) is 20.9. The van der Waals surface area contributed by atoms with Crippen molar-refractivity contribution in [3.8, 4) is 0 Å². The molecule has 43 heavy (non-hydrogen) atoms. The van der Waals surface area contributed by atoms with Crippen LogP contribution in [0.25, 0.3) is 0 Å². The Morgan fingerprint density at radius 1 is 0.558 bits per heavy atom. The fraction of sp³-hybridized carbons (Fsp3) is 0.538. The largest absolute Gasteiger partial charge is 0.416 e. The monoisotopic (exact) mass is 602 g/mol. The number of alkyl halides is 3. The average molecular weight is 603 g/mol. The van der Waals surface area contributed by atoms with E-state index >= 15 is 0 Å². The van der Waals surface area contributed by atoms with Gasteiger partial charge in [0, 0.05) is 0 Å². The van der Waals surface area contributed by atoms with Gasteiger partial charge in [-0.2, -0.15) is 13.2 Å². The van der Waals surface area contributed by atoms with E-state index in [-0.39, 0.29) is 12.5 Å². The third-order valence-corrected chi connectivity index (χ3v) is 5.69. The minimum atomic E-state index is -4.24. The zero-order valence-corrected chi connectivity index (χ0v) is 29.5. The Balaban J connectivity index is 0. The first-order valence-electron chi connectivity index (χ1n) is 15.7. The Morgan fingerprint density at radius 2 is 1.00 bits per heavy atom. The van der Waals surface area contributed by atoms with E-state index < -0.39 is 11.7 Å². The molecule has 0 saturated heterocycles. The molecule has 0 aromatic heterocycles. The zero-order chi connectivity index (χ0) is 33.9. The van der Waals surface area contributed by atoms with Crippen LogP contribution in [-0.2, 0) is 12.8 Å². The Kier molecular flexibility index (Phi) is 21.8. The summed E-state index contributed by atoms with van der Waals surface area (Å²) < 4.78 is 37.2. The smallest absolute Gasteiger partial charge is 0.392 e. The van der Waals surface area contributed by atoms with Crippen molar-refractivity contribution in [1.29, 1.82) is 0 Å². The minimum Gasteiger partial charge on any atom is -0.392 e. The van der Waals surface area contributed by atoms with E-state index in [1.165, 1.54) is 28.8 Å². The van der Waals surface area contributed by atoms with Gasteiger partial charge in [0.05, 0.1) is 12.2 Å². The fourth-order valence-electron chi connectivity index (χ4n) is 3.50. The number of aryl methyl sites for hydroxylation is 2. The van der Waals surface area contributed by atoms with E-state index in [1.807, 2.05) is 32.0 Å². The van der Waals surface area contributed by atoms with Crippen LogP contribution in [0.3, 0.4) is 0 Å². The van der Waals surface area contributed by atoms with Gasteiger partial charge in [-0.15, -0.1) is 0 Å². The summed E-state index contributed by atoms with van der Waals surface area (Å²) in [5, 5.41) is 8.97. The summed E-state index contributed by atoms with van der Waals surface area (Å²) in [5.41, 5.74) is 5.88. The maximum atomic E-state index is 12.4. The van der Waals surface area contributed by atoms with Crippen molar-refractivity contribution in [2.45, 2.75) is 127 Å². The van der Waals surface area contributed by atoms with Crippen LogP contribution in [0, 0.1) is 25.7 Å². The van der Waals surface area contributed by atoms with Crippen molar-refractivity contribution in [2.24, 2.45) is 11.8 Å². The number of hydrogen-bond donors (Lipinski definition) is 1. The molecule has 0 atom stereocenters. The van der Waals surface area contributed by atoms with Gasteiger partial charge >= 0.3 is 6.18 Å². The predicted octanol–water partition coefficient (Wildman–Crippen LogP) is 12.9. The van der Waals surface area contributed by atoms with Crippen LogP contribution < -0.4 is 0 Å². The van der Waals surface area contributed by atoms with E-state index in [9.17, 15) is 13.2 Å². The molecule has 3 aromatic carbocycles. The summed E-state index contributed by atoms with van der Waals surface area (Å²) in [5.74, 6) is 2.94. The zero-order valence-electron chi connectivity index (χ0n) is 29.5. The van der Waals surface area contributed by atoms with Crippen LogP contribution in [0.1, 0.15) is 140 Å². The Hall–Kier alpha value is -2.59. The second-order valence-electron chi connectivity index (χ2n) is 13.3. The highest BCUT2D eigenvalue weighted by atomic mass is 19.4. The van der Waals surface area contributed by atoms with E-state index in [2.05, 4.69) is 106 Å². The molecule has 0 saturated carbocycles. The van der Waals surface area contributed by atoms with Crippen LogP contribution in [0.2, 0.25) is 0 Å². The molecule has 0 aliphatic carbocycles. The number of benzene rings is 3. The van der Waals surface area contributed by atoms with Gasteiger partial charge in [-0.3, -0.25) is 0 Å². The van der Waals surface area contributed by atoms with Crippen LogP contribution in [0.5, 0.6) is 0 Å². The number of hydrogen-bond acceptors (Lipinski definition) is 1. The Morgan fingerprint density at radius 3 is 1.35 bits per heavy atom. The molecular formula is C39H61F3O. The molecule has 244 valence electrons. The Bertz CT molecular complexity index is 1100. The normalized spacial score (nSPS) is 10.8. The summed E-state index contributed by atoms with van der Waals surface area (Å²) >= 11 is 0.